The van der Waals surface area contributed by atoms with Gasteiger partial charge < -0.3 is 4.42 Å². The first-order chi connectivity index (χ1) is 7.95. The van der Waals surface area contributed by atoms with Gasteiger partial charge in [-0.25, -0.2) is 0 Å². The third-order valence-corrected chi connectivity index (χ3v) is 3.01. The Labute approximate surface area is 106 Å². The van der Waals surface area contributed by atoms with Crippen LogP contribution in [0.15, 0.2) is 9.64 Å². The van der Waals surface area contributed by atoms with Crippen molar-refractivity contribution in [2.75, 3.05) is 5.75 Å². The van der Waals surface area contributed by atoms with E-state index in [2.05, 4.69) is 21.6 Å². The zero-order valence-electron chi connectivity index (χ0n) is 10.6. The van der Waals surface area contributed by atoms with Crippen LogP contribution >= 0.6 is 11.8 Å². The van der Waals surface area contributed by atoms with E-state index in [1.165, 1.54) is 11.8 Å². The summed E-state index contributed by atoms with van der Waals surface area (Å²) >= 11 is 1.48. The lowest BCUT2D eigenvalue weighted by atomic mass is 10.0. The summed E-state index contributed by atoms with van der Waals surface area (Å²) < 4.78 is 5.25. The molecule has 5 nitrogen and oxygen atoms in total. The van der Waals surface area contributed by atoms with Gasteiger partial charge in [0.2, 0.25) is 5.89 Å². The molecule has 0 aliphatic rings. The number of thioether (sulfide) groups is 1. The average Bonchev–Trinajstić information content (AvgIpc) is 2.63. The fourth-order valence-electron chi connectivity index (χ4n) is 1.48. The largest absolute Gasteiger partial charge is 0.416 e. The summed E-state index contributed by atoms with van der Waals surface area (Å²) in [7, 11) is 0. The normalized spacial score (nSPS) is 14.6. The number of nitrogens with one attached hydrogen (secondary N) is 1. The summed E-state index contributed by atoms with van der Waals surface area (Å²) in [5.74, 6) is 1.33. The first kappa shape index (κ1) is 14.0. The van der Waals surface area contributed by atoms with E-state index in [1.807, 2.05) is 20.8 Å². The van der Waals surface area contributed by atoms with Gasteiger partial charge in [0, 0.05) is 18.7 Å². The molecule has 0 aromatic carbocycles. The van der Waals surface area contributed by atoms with Crippen LogP contribution in [0.4, 0.5) is 0 Å². The molecule has 0 saturated carbocycles. The molecule has 0 bridgehead atoms. The number of hydrogen-bond acceptors (Lipinski definition) is 6. The maximum Gasteiger partial charge on any atom is 0.276 e. The maximum absolute atomic E-state index is 9.16. The Bertz CT molecular complexity index is 398. The van der Waals surface area contributed by atoms with Crippen molar-refractivity contribution in [1.82, 2.24) is 15.5 Å². The van der Waals surface area contributed by atoms with Crippen molar-refractivity contribution in [3.05, 3.63) is 5.89 Å². The van der Waals surface area contributed by atoms with E-state index in [9.17, 15) is 0 Å². The number of aryl methyl sites for hydroxylation is 1. The quantitative estimate of drug-likeness (QED) is 0.784. The number of nitrogens with zero attached hydrogens (tertiary/aromatic N) is 3. The van der Waals surface area contributed by atoms with E-state index in [4.69, 9.17) is 9.68 Å². The van der Waals surface area contributed by atoms with Gasteiger partial charge in [-0.05, 0) is 27.2 Å². The van der Waals surface area contributed by atoms with Crippen LogP contribution in [-0.2, 0) is 0 Å². The Kier molecular flexibility index (Phi) is 4.97. The monoisotopic (exact) mass is 254 g/mol. The van der Waals surface area contributed by atoms with E-state index in [1.54, 1.807) is 6.92 Å². The summed E-state index contributed by atoms with van der Waals surface area (Å²) in [5, 5.41) is 20.6. The standard InChI is InChI=1S/C11H18N4OS/c1-8(2)13-11(4,7-12)5-6-17-10-15-14-9(3)16-10/h8,13H,5-6H2,1-4H3. The highest BCUT2D eigenvalue weighted by molar-refractivity contribution is 7.99. The second-order valence-corrected chi connectivity index (χ2v) is 5.47. The Hall–Kier alpha value is -1.06. The highest BCUT2D eigenvalue weighted by atomic mass is 32.2. The summed E-state index contributed by atoms with van der Waals surface area (Å²) in [6.07, 6.45) is 0.730. The van der Waals surface area contributed by atoms with Crippen LogP contribution in [0.1, 0.15) is 33.1 Å². The first-order valence-corrected chi connectivity index (χ1v) is 6.55. The average molecular weight is 254 g/mol. The summed E-state index contributed by atoms with van der Waals surface area (Å²) in [4.78, 5) is 0. The molecular formula is C11H18N4OS. The molecule has 1 rings (SSSR count). The minimum Gasteiger partial charge on any atom is -0.416 e. The first-order valence-electron chi connectivity index (χ1n) is 5.57. The van der Waals surface area contributed by atoms with Gasteiger partial charge in [0.05, 0.1) is 6.07 Å². The van der Waals surface area contributed by atoms with Crippen LogP contribution in [0.3, 0.4) is 0 Å². The summed E-state index contributed by atoms with van der Waals surface area (Å²) in [6.45, 7) is 7.73. The van der Waals surface area contributed by atoms with Crippen LogP contribution in [0.25, 0.3) is 0 Å². The molecule has 1 aromatic rings. The minimum atomic E-state index is -0.504. The lowest BCUT2D eigenvalue weighted by Crippen LogP contribution is -2.45. The van der Waals surface area contributed by atoms with Gasteiger partial charge in [0.1, 0.15) is 5.54 Å². The van der Waals surface area contributed by atoms with E-state index >= 15 is 0 Å². The second-order valence-electron chi connectivity index (χ2n) is 4.43. The highest BCUT2D eigenvalue weighted by Gasteiger charge is 2.24. The van der Waals surface area contributed by atoms with Crippen molar-refractivity contribution in [3.8, 4) is 6.07 Å². The molecule has 0 fully saturated rings. The van der Waals surface area contributed by atoms with Gasteiger partial charge in [0.15, 0.2) is 0 Å². The molecule has 0 amide bonds. The molecule has 1 heterocycles. The van der Waals surface area contributed by atoms with Gasteiger partial charge in [-0.2, -0.15) is 5.26 Å². The van der Waals surface area contributed by atoms with Crippen LogP contribution in [0, 0.1) is 18.3 Å². The summed E-state index contributed by atoms with van der Waals surface area (Å²) in [5.41, 5.74) is -0.504. The number of nitriles is 1. The number of rotatable bonds is 6. The van der Waals surface area contributed by atoms with Gasteiger partial charge in [-0.1, -0.05) is 11.8 Å². The van der Waals surface area contributed by atoms with Crippen LogP contribution in [-0.4, -0.2) is 27.5 Å². The van der Waals surface area contributed by atoms with Crippen molar-refractivity contribution in [2.24, 2.45) is 0 Å². The molecule has 0 aliphatic carbocycles. The van der Waals surface area contributed by atoms with Gasteiger partial charge in [-0.3, -0.25) is 5.32 Å². The fourth-order valence-corrected chi connectivity index (χ4v) is 2.44. The molecule has 17 heavy (non-hydrogen) atoms. The van der Waals surface area contributed by atoms with Gasteiger partial charge in [-0.15, -0.1) is 10.2 Å². The predicted molar refractivity (Wildman–Crippen MR) is 66.7 cm³/mol. The van der Waals surface area contributed by atoms with E-state index < -0.39 is 5.54 Å². The molecule has 1 unspecified atom stereocenters. The van der Waals surface area contributed by atoms with Crippen molar-refractivity contribution in [3.63, 3.8) is 0 Å². The molecule has 1 N–H and O–H groups in total. The van der Waals surface area contributed by atoms with Crippen molar-refractivity contribution < 1.29 is 4.42 Å². The van der Waals surface area contributed by atoms with Gasteiger partial charge >= 0.3 is 0 Å². The topological polar surface area (TPSA) is 74.7 Å². The SMILES string of the molecule is Cc1nnc(SCCC(C)(C#N)NC(C)C)o1. The zero-order valence-corrected chi connectivity index (χ0v) is 11.5. The minimum absolute atomic E-state index is 0.287. The van der Waals surface area contributed by atoms with Crippen LogP contribution < -0.4 is 5.32 Å². The van der Waals surface area contributed by atoms with E-state index in [0.717, 1.165) is 12.2 Å². The fraction of sp³-hybridized carbons (Fsp3) is 0.727. The Morgan fingerprint density at radius 2 is 2.24 bits per heavy atom. The Morgan fingerprint density at radius 3 is 2.71 bits per heavy atom. The second kappa shape index (κ2) is 6.03. The van der Waals surface area contributed by atoms with Crippen molar-refractivity contribution in [1.29, 1.82) is 5.26 Å². The van der Waals surface area contributed by atoms with Crippen LogP contribution in [0.2, 0.25) is 0 Å². The van der Waals surface area contributed by atoms with Crippen LogP contribution in [0.5, 0.6) is 0 Å². The number of hydrogen-bond donors (Lipinski definition) is 1. The van der Waals surface area contributed by atoms with Gasteiger partial charge in [0.25, 0.3) is 5.22 Å². The number of aromatic nitrogens is 2. The molecule has 94 valence electrons. The third kappa shape index (κ3) is 4.75. The molecule has 6 heteroatoms. The van der Waals surface area contributed by atoms with E-state index in [0.29, 0.717) is 11.1 Å². The lowest BCUT2D eigenvalue weighted by molar-refractivity contribution is 0.396. The molecule has 0 spiro atoms. The van der Waals surface area contributed by atoms with Crippen molar-refractivity contribution in [2.45, 2.75) is 50.9 Å². The zero-order chi connectivity index (χ0) is 12.9. The lowest BCUT2D eigenvalue weighted by Gasteiger charge is -2.25. The molecule has 1 aromatic heterocycles. The summed E-state index contributed by atoms with van der Waals surface area (Å²) in [6, 6.07) is 2.60. The molecule has 0 aliphatic heterocycles. The molecular weight excluding hydrogens is 236 g/mol. The smallest absolute Gasteiger partial charge is 0.276 e. The molecule has 0 saturated heterocycles. The molecule has 1 atom stereocenters. The predicted octanol–water partition coefficient (Wildman–Crippen LogP) is 2.14. The Balaban J connectivity index is 2.41. The van der Waals surface area contributed by atoms with Crippen molar-refractivity contribution >= 4 is 11.8 Å². The van der Waals surface area contributed by atoms with E-state index in [-0.39, 0.29) is 6.04 Å². The Morgan fingerprint density at radius 1 is 1.53 bits per heavy atom. The maximum atomic E-state index is 9.16. The molecule has 0 radical (unpaired) electrons. The third-order valence-electron chi connectivity index (χ3n) is 2.19. The highest BCUT2D eigenvalue weighted by Crippen LogP contribution is 2.20.